The maximum Gasteiger partial charge on any atom is 0.0796 e. The highest BCUT2D eigenvalue weighted by molar-refractivity contribution is 9.10. The van der Waals surface area contributed by atoms with E-state index in [-0.39, 0.29) is 6.10 Å². The molecular formula is C19H25BrO. The predicted molar refractivity (Wildman–Crippen MR) is 94.6 cm³/mol. The second-order valence-electron chi connectivity index (χ2n) is 5.75. The lowest BCUT2D eigenvalue weighted by Gasteiger charge is -2.14. The predicted octanol–water partition coefficient (Wildman–Crippen LogP) is 6.39. The van der Waals surface area contributed by atoms with Gasteiger partial charge < -0.3 is 5.11 Å². The molecule has 0 saturated carbocycles. The van der Waals surface area contributed by atoms with Gasteiger partial charge in [0.1, 0.15) is 0 Å². The third-order valence-electron chi connectivity index (χ3n) is 4.09. The number of benzene rings is 2. The Morgan fingerprint density at radius 3 is 2.33 bits per heavy atom. The zero-order chi connectivity index (χ0) is 15.1. The molecule has 114 valence electrons. The van der Waals surface area contributed by atoms with Crippen molar-refractivity contribution in [2.24, 2.45) is 0 Å². The van der Waals surface area contributed by atoms with E-state index in [1.165, 1.54) is 37.5 Å². The van der Waals surface area contributed by atoms with E-state index in [0.717, 1.165) is 28.3 Å². The van der Waals surface area contributed by atoms with Gasteiger partial charge in [0.25, 0.3) is 0 Å². The fourth-order valence-electron chi connectivity index (χ4n) is 2.85. The van der Waals surface area contributed by atoms with Crippen LogP contribution in [-0.2, 0) is 0 Å². The number of hydrogen-bond donors (Lipinski definition) is 1. The fraction of sp³-hybridized carbons (Fsp3) is 0.474. The van der Waals surface area contributed by atoms with Gasteiger partial charge in [-0.25, -0.2) is 0 Å². The minimum atomic E-state index is -0.353. The van der Waals surface area contributed by atoms with E-state index in [0.29, 0.717) is 0 Å². The fourth-order valence-corrected chi connectivity index (χ4v) is 3.33. The number of aliphatic hydroxyl groups is 1. The number of unbranched alkanes of at least 4 members (excludes halogenated alkanes) is 5. The lowest BCUT2D eigenvalue weighted by molar-refractivity contribution is 0.165. The van der Waals surface area contributed by atoms with Crippen LogP contribution in [0.25, 0.3) is 10.8 Å². The third-order valence-corrected chi connectivity index (χ3v) is 4.79. The van der Waals surface area contributed by atoms with Gasteiger partial charge in [-0.3, -0.25) is 0 Å². The van der Waals surface area contributed by atoms with E-state index >= 15 is 0 Å². The summed E-state index contributed by atoms with van der Waals surface area (Å²) in [6.07, 6.45) is 8.08. The molecule has 0 fully saturated rings. The van der Waals surface area contributed by atoms with Crippen molar-refractivity contribution < 1.29 is 5.11 Å². The second-order valence-corrected chi connectivity index (χ2v) is 6.61. The maximum absolute atomic E-state index is 10.5. The summed E-state index contributed by atoms with van der Waals surface area (Å²) >= 11 is 3.59. The van der Waals surface area contributed by atoms with Crippen molar-refractivity contribution in [1.82, 2.24) is 0 Å². The molecule has 1 N–H and O–H groups in total. The topological polar surface area (TPSA) is 20.2 Å². The minimum absolute atomic E-state index is 0.353. The number of aliphatic hydroxyl groups excluding tert-OH is 1. The Labute approximate surface area is 136 Å². The van der Waals surface area contributed by atoms with Crippen LogP contribution in [0, 0.1) is 0 Å². The van der Waals surface area contributed by atoms with Gasteiger partial charge in [0.15, 0.2) is 0 Å². The van der Waals surface area contributed by atoms with Crippen LogP contribution in [0.3, 0.4) is 0 Å². The van der Waals surface area contributed by atoms with Crippen molar-refractivity contribution >= 4 is 26.7 Å². The van der Waals surface area contributed by atoms with E-state index in [4.69, 9.17) is 0 Å². The molecule has 2 rings (SSSR count). The highest BCUT2D eigenvalue weighted by Crippen LogP contribution is 2.32. The average molecular weight is 349 g/mol. The zero-order valence-electron chi connectivity index (χ0n) is 12.8. The van der Waals surface area contributed by atoms with E-state index < -0.39 is 0 Å². The molecule has 2 heteroatoms. The summed E-state index contributed by atoms with van der Waals surface area (Å²) in [5.41, 5.74) is 1.06. The van der Waals surface area contributed by atoms with Crippen molar-refractivity contribution in [1.29, 1.82) is 0 Å². The number of rotatable bonds is 8. The zero-order valence-corrected chi connectivity index (χ0v) is 14.4. The first kappa shape index (κ1) is 16.5. The number of halogens is 1. The van der Waals surface area contributed by atoms with Gasteiger partial charge in [0, 0.05) is 4.47 Å². The monoisotopic (exact) mass is 348 g/mol. The van der Waals surface area contributed by atoms with Gasteiger partial charge in [-0.2, -0.15) is 0 Å². The van der Waals surface area contributed by atoms with E-state index in [9.17, 15) is 5.11 Å². The second kappa shape index (κ2) is 8.55. The molecule has 0 amide bonds. The van der Waals surface area contributed by atoms with Crippen molar-refractivity contribution in [2.75, 3.05) is 0 Å². The molecule has 0 aromatic heterocycles. The summed E-state index contributed by atoms with van der Waals surface area (Å²) in [6.45, 7) is 2.24. The molecule has 0 aliphatic carbocycles. The van der Waals surface area contributed by atoms with Gasteiger partial charge in [0.2, 0.25) is 0 Å². The standard InChI is InChI=1S/C19H25BrO/c1-2-3-4-5-6-7-12-19(21)17-13-14-18(20)16-11-9-8-10-15(16)17/h8-11,13-14,19,21H,2-7,12H2,1H3. The lowest BCUT2D eigenvalue weighted by Crippen LogP contribution is -1.99. The Morgan fingerprint density at radius 1 is 0.905 bits per heavy atom. The molecule has 1 unspecified atom stereocenters. The van der Waals surface area contributed by atoms with Gasteiger partial charge in [-0.15, -0.1) is 0 Å². The summed E-state index contributed by atoms with van der Waals surface area (Å²) in [5, 5.41) is 12.8. The van der Waals surface area contributed by atoms with Gasteiger partial charge in [0.05, 0.1) is 6.10 Å². The molecule has 21 heavy (non-hydrogen) atoms. The van der Waals surface area contributed by atoms with Crippen LogP contribution in [-0.4, -0.2) is 5.11 Å². The normalized spacial score (nSPS) is 12.7. The highest BCUT2D eigenvalue weighted by atomic mass is 79.9. The molecule has 1 atom stereocenters. The summed E-state index contributed by atoms with van der Waals surface area (Å²) in [4.78, 5) is 0. The summed E-state index contributed by atoms with van der Waals surface area (Å²) in [7, 11) is 0. The first-order valence-corrected chi connectivity index (χ1v) is 8.88. The van der Waals surface area contributed by atoms with Gasteiger partial charge in [-0.1, -0.05) is 91.7 Å². The average Bonchev–Trinajstić information content (AvgIpc) is 2.51. The van der Waals surface area contributed by atoms with Gasteiger partial charge >= 0.3 is 0 Å². The van der Waals surface area contributed by atoms with Crippen LogP contribution >= 0.6 is 15.9 Å². The van der Waals surface area contributed by atoms with E-state index in [1.807, 2.05) is 24.3 Å². The van der Waals surface area contributed by atoms with Crippen molar-refractivity contribution in [3.8, 4) is 0 Å². The molecule has 0 saturated heterocycles. The summed E-state index contributed by atoms with van der Waals surface area (Å²) < 4.78 is 1.09. The number of fused-ring (bicyclic) bond motifs is 1. The largest absolute Gasteiger partial charge is 0.388 e. The minimum Gasteiger partial charge on any atom is -0.388 e. The molecule has 0 heterocycles. The molecular weight excluding hydrogens is 324 g/mol. The Hall–Kier alpha value is -0.860. The molecule has 2 aromatic carbocycles. The van der Waals surface area contributed by atoms with E-state index in [1.54, 1.807) is 0 Å². The van der Waals surface area contributed by atoms with Crippen LogP contribution in [0.5, 0.6) is 0 Å². The Kier molecular flexibility index (Phi) is 6.72. The Bertz CT molecular complexity index is 564. The Morgan fingerprint density at radius 2 is 1.57 bits per heavy atom. The third kappa shape index (κ3) is 4.55. The molecule has 0 aliphatic rings. The smallest absolute Gasteiger partial charge is 0.0796 e. The molecule has 1 nitrogen and oxygen atoms in total. The molecule has 0 aliphatic heterocycles. The SMILES string of the molecule is CCCCCCCCC(O)c1ccc(Br)c2ccccc12. The lowest BCUT2D eigenvalue weighted by atomic mass is 9.97. The number of hydrogen-bond acceptors (Lipinski definition) is 1. The van der Waals surface area contributed by atoms with Crippen LogP contribution in [0.4, 0.5) is 0 Å². The van der Waals surface area contributed by atoms with Crippen LogP contribution in [0.15, 0.2) is 40.9 Å². The van der Waals surface area contributed by atoms with Crippen molar-refractivity contribution in [3.05, 3.63) is 46.4 Å². The van der Waals surface area contributed by atoms with Crippen molar-refractivity contribution in [3.63, 3.8) is 0 Å². The van der Waals surface area contributed by atoms with Crippen LogP contribution in [0.1, 0.15) is 63.5 Å². The first-order chi connectivity index (χ1) is 10.2. The summed E-state index contributed by atoms with van der Waals surface area (Å²) in [5.74, 6) is 0. The van der Waals surface area contributed by atoms with Crippen LogP contribution in [0.2, 0.25) is 0 Å². The van der Waals surface area contributed by atoms with E-state index in [2.05, 4.69) is 35.0 Å². The van der Waals surface area contributed by atoms with Crippen LogP contribution < -0.4 is 0 Å². The molecule has 0 radical (unpaired) electrons. The van der Waals surface area contributed by atoms with Crippen molar-refractivity contribution in [2.45, 2.75) is 58.0 Å². The maximum atomic E-state index is 10.5. The quantitative estimate of drug-likeness (QED) is 0.548. The first-order valence-electron chi connectivity index (χ1n) is 8.09. The molecule has 0 spiro atoms. The molecule has 2 aromatic rings. The van der Waals surface area contributed by atoms with Gasteiger partial charge in [-0.05, 0) is 28.8 Å². The molecule has 0 bridgehead atoms. The highest BCUT2D eigenvalue weighted by Gasteiger charge is 2.12. The summed E-state index contributed by atoms with van der Waals surface area (Å²) in [6, 6.07) is 12.4. The Balaban J connectivity index is 1.97.